The molecule has 0 heterocycles. The van der Waals surface area contributed by atoms with Crippen LogP contribution in [0.4, 0.5) is 4.39 Å². The molecule has 1 nitrogen and oxygen atoms in total. The van der Waals surface area contributed by atoms with E-state index in [0.717, 1.165) is 19.3 Å². The summed E-state index contributed by atoms with van der Waals surface area (Å²) in [6.07, 6.45) is 4.16. The van der Waals surface area contributed by atoms with E-state index in [1.54, 1.807) is 12.1 Å². The molecule has 98 valence electrons. The van der Waals surface area contributed by atoms with Gasteiger partial charge in [-0.1, -0.05) is 31.0 Å². The third-order valence-electron chi connectivity index (χ3n) is 3.93. The largest absolute Gasteiger partial charge is 0.299 e. The van der Waals surface area contributed by atoms with E-state index in [9.17, 15) is 9.18 Å². The fraction of sp³-hybridized carbons (Fsp3) is 0.533. The Balaban J connectivity index is 2.09. The monoisotopic (exact) mass is 268 g/mol. The van der Waals surface area contributed by atoms with Gasteiger partial charge in [0.25, 0.3) is 0 Å². The first-order valence-corrected chi connectivity index (χ1v) is 6.94. The van der Waals surface area contributed by atoms with Gasteiger partial charge in [-0.2, -0.15) is 0 Å². The maximum Gasteiger partial charge on any atom is 0.136 e. The van der Waals surface area contributed by atoms with Gasteiger partial charge in [0.15, 0.2) is 0 Å². The highest BCUT2D eigenvalue weighted by atomic mass is 35.5. The SMILES string of the molecule is CCC1CCC(=O)C(Cc2ccc(Cl)cc2F)C1. The normalized spacial score (nSPS) is 24.3. The Morgan fingerprint density at radius 2 is 2.22 bits per heavy atom. The molecular weight excluding hydrogens is 251 g/mol. The van der Waals surface area contributed by atoms with Crippen molar-refractivity contribution in [2.75, 3.05) is 0 Å². The Hall–Kier alpha value is -0.890. The lowest BCUT2D eigenvalue weighted by Crippen LogP contribution is -2.26. The van der Waals surface area contributed by atoms with Gasteiger partial charge < -0.3 is 0 Å². The van der Waals surface area contributed by atoms with Crippen LogP contribution < -0.4 is 0 Å². The van der Waals surface area contributed by atoms with Crippen molar-refractivity contribution in [2.24, 2.45) is 11.8 Å². The summed E-state index contributed by atoms with van der Waals surface area (Å²) >= 11 is 5.73. The molecule has 0 amide bonds. The zero-order valence-corrected chi connectivity index (χ0v) is 11.3. The van der Waals surface area contributed by atoms with Crippen LogP contribution in [0.2, 0.25) is 5.02 Å². The van der Waals surface area contributed by atoms with Crippen molar-refractivity contribution < 1.29 is 9.18 Å². The molecule has 0 radical (unpaired) electrons. The summed E-state index contributed by atoms with van der Waals surface area (Å²) in [7, 11) is 0. The van der Waals surface area contributed by atoms with E-state index in [-0.39, 0.29) is 17.5 Å². The summed E-state index contributed by atoms with van der Waals surface area (Å²) in [4.78, 5) is 11.9. The van der Waals surface area contributed by atoms with Crippen LogP contribution in [0.1, 0.15) is 38.2 Å². The number of ketones is 1. The number of Topliss-reactive ketones (excluding diaryl/α,β-unsaturated/α-hetero) is 1. The second-order valence-corrected chi connectivity index (χ2v) is 5.59. The quantitative estimate of drug-likeness (QED) is 0.793. The Labute approximate surface area is 112 Å². The average molecular weight is 269 g/mol. The molecule has 0 spiro atoms. The van der Waals surface area contributed by atoms with Gasteiger partial charge in [-0.05, 0) is 42.9 Å². The van der Waals surface area contributed by atoms with Gasteiger partial charge in [0, 0.05) is 17.4 Å². The third-order valence-corrected chi connectivity index (χ3v) is 4.17. The van der Waals surface area contributed by atoms with Gasteiger partial charge in [-0.25, -0.2) is 4.39 Å². The van der Waals surface area contributed by atoms with Gasteiger partial charge >= 0.3 is 0 Å². The van der Waals surface area contributed by atoms with Crippen molar-refractivity contribution in [1.82, 2.24) is 0 Å². The number of rotatable bonds is 3. The topological polar surface area (TPSA) is 17.1 Å². The van der Waals surface area contributed by atoms with Crippen molar-refractivity contribution >= 4 is 17.4 Å². The molecule has 0 aromatic heterocycles. The fourth-order valence-corrected chi connectivity index (χ4v) is 2.88. The van der Waals surface area contributed by atoms with Crippen molar-refractivity contribution in [3.8, 4) is 0 Å². The molecule has 1 saturated carbocycles. The van der Waals surface area contributed by atoms with Crippen LogP contribution in [0.3, 0.4) is 0 Å². The molecule has 1 aliphatic carbocycles. The zero-order valence-electron chi connectivity index (χ0n) is 10.6. The van der Waals surface area contributed by atoms with Crippen molar-refractivity contribution in [1.29, 1.82) is 0 Å². The van der Waals surface area contributed by atoms with Crippen LogP contribution in [0, 0.1) is 17.7 Å². The number of benzene rings is 1. The predicted octanol–water partition coefficient (Wildman–Crippen LogP) is 4.42. The highest BCUT2D eigenvalue weighted by molar-refractivity contribution is 6.30. The number of carbonyl (C=O) groups is 1. The molecule has 18 heavy (non-hydrogen) atoms. The van der Waals surface area contributed by atoms with Crippen LogP contribution in [0.15, 0.2) is 18.2 Å². The van der Waals surface area contributed by atoms with E-state index >= 15 is 0 Å². The Bertz CT molecular complexity index is 444. The van der Waals surface area contributed by atoms with Gasteiger partial charge in [0.1, 0.15) is 11.6 Å². The molecule has 0 aliphatic heterocycles. The van der Waals surface area contributed by atoms with Crippen LogP contribution in [0.5, 0.6) is 0 Å². The molecule has 2 atom stereocenters. The lowest BCUT2D eigenvalue weighted by molar-refractivity contribution is -0.125. The van der Waals surface area contributed by atoms with Crippen molar-refractivity contribution in [2.45, 2.75) is 39.0 Å². The van der Waals surface area contributed by atoms with E-state index in [1.807, 2.05) is 0 Å². The molecule has 1 fully saturated rings. The van der Waals surface area contributed by atoms with E-state index in [2.05, 4.69) is 6.92 Å². The Morgan fingerprint density at radius 1 is 1.44 bits per heavy atom. The summed E-state index contributed by atoms with van der Waals surface area (Å²) < 4.78 is 13.7. The van der Waals surface area contributed by atoms with E-state index in [0.29, 0.717) is 29.3 Å². The molecule has 0 bridgehead atoms. The molecule has 1 aliphatic rings. The summed E-state index contributed by atoms with van der Waals surface area (Å²) in [6, 6.07) is 4.70. The lowest BCUT2D eigenvalue weighted by atomic mass is 9.77. The fourth-order valence-electron chi connectivity index (χ4n) is 2.72. The zero-order chi connectivity index (χ0) is 13.1. The van der Waals surface area contributed by atoms with Crippen LogP contribution in [0.25, 0.3) is 0 Å². The standard InChI is InChI=1S/C15H18ClFO/c1-2-10-3-6-15(18)12(7-10)8-11-4-5-13(16)9-14(11)17/h4-5,9-10,12H,2-3,6-8H2,1H3. The van der Waals surface area contributed by atoms with Gasteiger partial charge in [-0.15, -0.1) is 0 Å². The van der Waals surface area contributed by atoms with Crippen LogP contribution in [-0.4, -0.2) is 5.78 Å². The molecule has 0 saturated heterocycles. The second-order valence-electron chi connectivity index (χ2n) is 5.15. The predicted molar refractivity (Wildman–Crippen MR) is 71.2 cm³/mol. The smallest absolute Gasteiger partial charge is 0.136 e. The molecule has 2 rings (SSSR count). The highest BCUT2D eigenvalue weighted by Gasteiger charge is 2.28. The molecular formula is C15H18ClFO. The third kappa shape index (κ3) is 3.11. The van der Waals surface area contributed by atoms with Crippen LogP contribution >= 0.6 is 11.6 Å². The number of halogens is 2. The molecule has 1 aromatic carbocycles. The molecule has 2 unspecified atom stereocenters. The summed E-state index contributed by atoms with van der Waals surface area (Å²) in [5.41, 5.74) is 0.606. The summed E-state index contributed by atoms with van der Waals surface area (Å²) in [5, 5.41) is 0.401. The maximum absolute atomic E-state index is 13.7. The number of hydrogen-bond acceptors (Lipinski definition) is 1. The number of carbonyl (C=O) groups excluding carboxylic acids is 1. The van der Waals surface area contributed by atoms with E-state index < -0.39 is 0 Å². The number of hydrogen-bond donors (Lipinski definition) is 0. The minimum Gasteiger partial charge on any atom is -0.299 e. The van der Waals surface area contributed by atoms with Gasteiger partial charge in [0.05, 0.1) is 0 Å². The minimum absolute atomic E-state index is 0.0145. The summed E-state index contributed by atoms with van der Waals surface area (Å²) in [6.45, 7) is 2.15. The van der Waals surface area contributed by atoms with Crippen LogP contribution in [-0.2, 0) is 11.2 Å². The Morgan fingerprint density at radius 3 is 2.89 bits per heavy atom. The minimum atomic E-state index is -0.297. The first-order chi connectivity index (χ1) is 8.60. The lowest BCUT2D eigenvalue weighted by Gasteiger charge is -2.27. The van der Waals surface area contributed by atoms with E-state index in [4.69, 9.17) is 11.6 Å². The first-order valence-electron chi connectivity index (χ1n) is 6.56. The van der Waals surface area contributed by atoms with Gasteiger partial charge in [-0.3, -0.25) is 4.79 Å². The average Bonchev–Trinajstić information content (AvgIpc) is 2.35. The Kier molecular flexibility index (Phi) is 4.39. The van der Waals surface area contributed by atoms with Crippen molar-refractivity contribution in [3.05, 3.63) is 34.6 Å². The first kappa shape index (κ1) is 13.5. The molecule has 1 aromatic rings. The van der Waals surface area contributed by atoms with Gasteiger partial charge in [0.2, 0.25) is 0 Å². The maximum atomic E-state index is 13.7. The summed E-state index contributed by atoms with van der Waals surface area (Å²) in [5.74, 6) is 0.588. The highest BCUT2D eigenvalue weighted by Crippen LogP contribution is 2.31. The van der Waals surface area contributed by atoms with Crippen molar-refractivity contribution in [3.63, 3.8) is 0 Å². The van der Waals surface area contributed by atoms with E-state index in [1.165, 1.54) is 6.07 Å². The molecule has 0 N–H and O–H groups in total. The molecule has 3 heteroatoms. The second kappa shape index (κ2) is 5.83.